The maximum Gasteiger partial charge on any atom is 0.346 e. The Labute approximate surface area is 233 Å². The predicted octanol–water partition coefficient (Wildman–Crippen LogP) is 5.43. The third kappa shape index (κ3) is 6.49. The molecule has 0 atom stereocenters. The van der Waals surface area contributed by atoms with E-state index in [1.165, 1.54) is 47.7 Å². The fourth-order valence-electron chi connectivity index (χ4n) is 3.49. The number of nitriles is 1. The van der Waals surface area contributed by atoms with Crippen LogP contribution in [-0.4, -0.2) is 30.8 Å². The lowest BCUT2D eigenvalue weighted by atomic mass is 10.1. The molecule has 202 valence electrons. The Balaban J connectivity index is 1.57. The summed E-state index contributed by atoms with van der Waals surface area (Å²) in [5.74, 6) is -0.923. The molecule has 0 aliphatic heterocycles. The van der Waals surface area contributed by atoms with Crippen molar-refractivity contribution in [3.05, 3.63) is 99.4 Å². The van der Waals surface area contributed by atoms with E-state index < -0.39 is 31.5 Å². The number of rotatable bonds is 10. The Morgan fingerprint density at radius 1 is 1.12 bits per heavy atom. The largest absolute Gasteiger partial charge is 0.490 e. The van der Waals surface area contributed by atoms with E-state index in [0.717, 1.165) is 17.7 Å². The van der Waals surface area contributed by atoms with Gasteiger partial charge in [-0.2, -0.15) is 13.7 Å². The van der Waals surface area contributed by atoms with Crippen LogP contribution in [0.25, 0.3) is 17.3 Å². The number of nitrogens with zero attached hydrogens (tertiary/aromatic N) is 3. The van der Waals surface area contributed by atoms with Crippen molar-refractivity contribution in [2.45, 2.75) is 11.8 Å². The van der Waals surface area contributed by atoms with Crippen molar-refractivity contribution in [1.29, 1.82) is 5.26 Å². The van der Waals surface area contributed by atoms with Gasteiger partial charge in [-0.3, -0.25) is 20.2 Å². The van der Waals surface area contributed by atoms with Crippen molar-refractivity contribution in [2.75, 3.05) is 11.9 Å². The molecule has 0 aliphatic rings. The van der Waals surface area contributed by atoms with E-state index in [2.05, 4.69) is 10.3 Å². The van der Waals surface area contributed by atoms with Gasteiger partial charge >= 0.3 is 10.1 Å². The van der Waals surface area contributed by atoms with Crippen molar-refractivity contribution >= 4 is 44.3 Å². The first kappa shape index (κ1) is 28.0. The molecule has 0 spiro atoms. The zero-order valence-electron chi connectivity index (χ0n) is 20.8. The molecule has 1 amide bonds. The van der Waals surface area contributed by atoms with Crippen LogP contribution in [0, 0.1) is 21.4 Å². The van der Waals surface area contributed by atoms with Crippen LogP contribution < -0.4 is 14.2 Å². The van der Waals surface area contributed by atoms with E-state index in [-0.39, 0.29) is 23.7 Å². The van der Waals surface area contributed by atoms with E-state index in [1.54, 1.807) is 12.3 Å². The summed E-state index contributed by atoms with van der Waals surface area (Å²) in [5.41, 5.74) is 1.02. The Kier molecular flexibility index (Phi) is 8.53. The molecule has 0 fully saturated rings. The Bertz CT molecular complexity index is 1740. The maximum atomic E-state index is 12.9. The molecule has 0 saturated heterocycles. The van der Waals surface area contributed by atoms with Crippen LogP contribution in [0.2, 0.25) is 0 Å². The zero-order valence-corrected chi connectivity index (χ0v) is 22.4. The summed E-state index contributed by atoms with van der Waals surface area (Å²) >= 11 is 1.21. The molecule has 13 heteroatoms. The highest BCUT2D eigenvalue weighted by molar-refractivity contribution is 7.87. The first-order valence-corrected chi connectivity index (χ1v) is 13.9. The number of benzene rings is 3. The van der Waals surface area contributed by atoms with Gasteiger partial charge in [0.15, 0.2) is 21.5 Å². The Hall–Kier alpha value is -5.06. The quantitative estimate of drug-likeness (QED) is 0.0853. The van der Waals surface area contributed by atoms with E-state index in [9.17, 15) is 28.6 Å². The van der Waals surface area contributed by atoms with Gasteiger partial charge in [0.05, 0.1) is 17.2 Å². The van der Waals surface area contributed by atoms with Gasteiger partial charge in [-0.15, -0.1) is 11.3 Å². The highest BCUT2D eigenvalue weighted by Gasteiger charge is 2.28. The first-order valence-electron chi connectivity index (χ1n) is 11.6. The molecular formula is C27H20N4O7S2. The lowest BCUT2D eigenvalue weighted by Gasteiger charge is -2.13. The molecule has 0 bridgehead atoms. The van der Waals surface area contributed by atoms with Gasteiger partial charge in [0, 0.05) is 17.0 Å². The van der Waals surface area contributed by atoms with Crippen LogP contribution in [-0.2, 0) is 14.9 Å². The van der Waals surface area contributed by atoms with Crippen LogP contribution in [0.4, 0.5) is 10.8 Å². The highest BCUT2D eigenvalue weighted by atomic mass is 32.2. The molecule has 4 aromatic rings. The molecule has 1 heterocycles. The molecule has 11 nitrogen and oxygen atoms in total. The van der Waals surface area contributed by atoms with E-state index in [0.29, 0.717) is 16.4 Å². The third-order valence-electron chi connectivity index (χ3n) is 5.27. The smallest absolute Gasteiger partial charge is 0.346 e. The number of anilines is 1. The Morgan fingerprint density at radius 3 is 2.55 bits per heavy atom. The monoisotopic (exact) mass is 576 g/mol. The summed E-state index contributed by atoms with van der Waals surface area (Å²) in [4.78, 5) is 27.0. The molecule has 40 heavy (non-hydrogen) atoms. The fraction of sp³-hybridized carbons (Fsp3) is 0.0741. The highest BCUT2D eigenvalue weighted by Crippen LogP contribution is 2.34. The zero-order chi connectivity index (χ0) is 28.7. The lowest BCUT2D eigenvalue weighted by Crippen LogP contribution is -2.13. The number of hydrogen-bond donors (Lipinski definition) is 1. The normalized spacial score (nSPS) is 11.3. The van der Waals surface area contributed by atoms with Crippen LogP contribution in [0.5, 0.6) is 11.5 Å². The molecule has 0 radical (unpaired) electrons. The molecule has 3 aromatic carbocycles. The number of amides is 1. The van der Waals surface area contributed by atoms with Gasteiger partial charge in [-0.1, -0.05) is 48.5 Å². The van der Waals surface area contributed by atoms with Gasteiger partial charge in [0.2, 0.25) is 0 Å². The van der Waals surface area contributed by atoms with Crippen molar-refractivity contribution in [2.24, 2.45) is 0 Å². The second-order valence-electron chi connectivity index (χ2n) is 7.93. The first-order chi connectivity index (χ1) is 19.2. The lowest BCUT2D eigenvalue weighted by molar-refractivity contribution is -0.387. The maximum absolute atomic E-state index is 12.9. The summed E-state index contributed by atoms with van der Waals surface area (Å²) in [6, 6.07) is 20.1. The molecule has 1 N–H and O–H groups in total. The Morgan fingerprint density at radius 2 is 1.85 bits per heavy atom. The molecule has 0 aliphatic carbocycles. The number of nitro benzene ring substituents is 1. The minimum absolute atomic E-state index is 0.0106. The number of nitrogens with one attached hydrogen (secondary N) is 1. The second kappa shape index (κ2) is 12.2. The third-order valence-corrected chi connectivity index (χ3v) is 7.31. The molecule has 1 aromatic heterocycles. The molecule has 4 rings (SSSR count). The van der Waals surface area contributed by atoms with Crippen LogP contribution in [0.3, 0.4) is 0 Å². The molecule has 0 saturated carbocycles. The average Bonchev–Trinajstić information content (AvgIpc) is 3.42. The number of thiazole rings is 1. The minimum atomic E-state index is -4.60. The summed E-state index contributed by atoms with van der Waals surface area (Å²) in [5, 5.41) is 25.6. The SMILES string of the molecule is CCOc1cc(C=C(C#N)C(=O)Nc2nc(-c3ccccc3)cs2)ccc1OS(=O)(=O)c1ccccc1[N+](=O)[O-]. The number of nitro groups is 1. The summed E-state index contributed by atoms with van der Waals surface area (Å²) in [7, 11) is -4.60. The van der Waals surface area contributed by atoms with Crippen molar-refractivity contribution in [1.82, 2.24) is 4.98 Å². The number of carbonyl (C=O) groups is 1. The fourth-order valence-corrected chi connectivity index (χ4v) is 5.31. The second-order valence-corrected chi connectivity index (χ2v) is 10.3. The van der Waals surface area contributed by atoms with Gasteiger partial charge in [0.1, 0.15) is 11.6 Å². The van der Waals surface area contributed by atoms with Crippen molar-refractivity contribution in [3.63, 3.8) is 0 Å². The van der Waals surface area contributed by atoms with Gasteiger partial charge < -0.3 is 8.92 Å². The number of hydrogen-bond acceptors (Lipinski definition) is 10. The number of para-hydroxylation sites is 1. The van der Waals surface area contributed by atoms with Crippen LogP contribution >= 0.6 is 11.3 Å². The number of carbonyl (C=O) groups excluding carboxylic acids is 1. The topological polar surface area (TPSA) is 162 Å². The standard InChI is InChI=1S/C27H20N4O7S2/c1-2-37-24-15-18(12-13-23(24)38-40(35,36)25-11-7-6-10-22(25)31(33)34)14-20(16-28)26(32)30-27-29-21(17-39-27)19-8-4-3-5-9-19/h3-15,17H,2H2,1H3,(H,29,30,32). The van der Waals surface area contributed by atoms with Crippen LogP contribution in [0.15, 0.2) is 88.6 Å². The van der Waals surface area contributed by atoms with E-state index in [1.807, 2.05) is 36.4 Å². The predicted molar refractivity (Wildman–Crippen MR) is 148 cm³/mol. The van der Waals surface area contributed by atoms with Gasteiger partial charge in [-0.05, 0) is 36.8 Å². The average molecular weight is 577 g/mol. The summed E-state index contributed by atoms with van der Waals surface area (Å²) in [6.45, 7) is 1.79. The van der Waals surface area contributed by atoms with Gasteiger partial charge in [0.25, 0.3) is 11.6 Å². The molecule has 0 unspecified atom stereocenters. The van der Waals surface area contributed by atoms with Crippen LogP contribution in [0.1, 0.15) is 12.5 Å². The summed E-state index contributed by atoms with van der Waals surface area (Å²) < 4.78 is 36.4. The minimum Gasteiger partial charge on any atom is -0.490 e. The van der Waals surface area contributed by atoms with Crippen molar-refractivity contribution < 1.29 is 27.1 Å². The van der Waals surface area contributed by atoms with Gasteiger partial charge in [-0.25, -0.2) is 4.98 Å². The van der Waals surface area contributed by atoms with E-state index in [4.69, 9.17) is 8.92 Å². The molecular weight excluding hydrogens is 556 g/mol. The number of ether oxygens (including phenoxy) is 1. The summed E-state index contributed by atoms with van der Waals surface area (Å²) in [6.07, 6.45) is 1.30. The van der Waals surface area contributed by atoms with E-state index >= 15 is 0 Å². The number of aromatic nitrogens is 1. The van der Waals surface area contributed by atoms with Crippen molar-refractivity contribution in [3.8, 4) is 28.8 Å².